The molecule has 1 aliphatic heterocycles. The second-order valence-electron chi connectivity index (χ2n) is 11.2. The molecule has 0 bridgehead atoms. The topological polar surface area (TPSA) is 116 Å². The lowest BCUT2D eigenvalue weighted by atomic mass is 9.78. The SMILES string of the molecule is C[C@@H]1C[C@H](C(=O)Nc2cc(C(CCC3CC3)(NCC=O)c3ccncc3)ccc2F)N(C(=O)Nc2ccc(Cl)cn2)C1. The summed E-state index contributed by atoms with van der Waals surface area (Å²) in [5.74, 6) is -0.0874. The van der Waals surface area contributed by atoms with E-state index < -0.39 is 29.3 Å². The second-order valence-corrected chi connectivity index (χ2v) is 11.6. The Labute approximate surface area is 249 Å². The number of hydrogen-bond donors (Lipinski definition) is 3. The molecule has 220 valence electrons. The summed E-state index contributed by atoms with van der Waals surface area (Å²) in [6.07, 6.45) is 9.99. The van der Waals surface area contributed by atoms with Crippen molar-refractivity contribution in [3.8, 4) is 0 Å². The minimum Gasteiger partial charge on any atom is -0.322 e. The zero-order chi connectivity index (χ0) is 29.7. The van der Waals surface area contributed by atoms with E-state index in [-0.39, 0.29) is 18.2 Å². The number of aromatic nitrogens is 2. The third-order valence-electron chi connectivity index (χ3n) is 8.04. The first-order valence-electron chi connectivity index (χ1n) is 14.2. The number of pyridine rings is 2. The number of carbonyl (C=O) groups excluding carboxylic acids is 3. The van der Waals surface area contributed by atoms with E-state index in [2.05, 4.69) is 25.9 Å². The fraction of sp³-hybridized carbons (Fsp3) is 0.387. The van der Waals surface area contributed by atoms with Crippen LogP contribution in [-0.4, -0.2) is 52.2 Å². The van der Waals surface area contributed by atoms with Gasteiger partial charge in [-0.05, 0) is 78.6 Å². The van der Waals surface area contributed by atoms with E-state index in [0.717, 1.165) is 23.8 Å². The lowest BCUT2D eigenvalue weighted by Gasteiger charge is -2.36. The standard InChI is InChI=1S/C31H34ClFN6O3/c1-20-16-27(39(19-20)30(42)38-28-7-5-24(32)18-35-28)29(41)37-26-17-23(4-6-25(26)33)31(36-14-15-40,11-8-21-2-3-21)22-9-12-34-13-10-22/h4-7,9-10,12-13,15,17-18,20-21,27,36H,2-3,8,11,14,16,19H2,1H3,(H,37,41)(H,35,38,42)/t20-,27-,31?/m1/s1. The van der Waals surface area contributed by atoms with Crippen molar-refractivity contribution in [1.82, 2.24) is 20.2 Å². The fourth-order valence-corrected chi connectivity index (χ4v) is 5.79. The number of nitrogens with zero attached hydrogens (tertiary/aromatic N) is 3. The van der Waals surface area contributed by atoms with Crippen LogP contribution in [0.1, 0.15) is 50.2 Å². The van der Waals surface area contributed by atoms with Crippen LogP contribution in [0.2, 0.25) is 5.02 Å². The highest BCUT2D eigenvalue weighted by atomic mass is 35.5. The molecular formula is C31H34ClFN6O3. The number of rotatable bonds is 11. The highest BCUT2D eigenvalue weighted by Crippen LogP contribution is 2.42. The third-order valence-corrected chi connectivity index (χ3v) is 8.26. The molecule has 5 rings (SSSR count). The van der Waals surface area contributed by atoms with Crippen LogP contribution in [-0.2, 0) is 15.1 Å². The van der Waals surface area contributed by atoms with Crippen molar-refractivity contribution in [3.63, 3.8) is 0 Å². The van der Waals surface area contributed by atoms with Crippen molar-refractivity contribution in [2.75, 3.05) is 23.7 Å². The number of likely N-dealkylation sites (tertiary alicyclic amines) is 1. The predicted octanol–water partition coefficient (Wildman–Crippen LogP) is 5.37. The van der Waals surface area contributed by atoms with Crippen LogP contribution in [0.3, 0.4) is 0 Å². The molecule has 0 spiro atoms. The molecule has 3 aromatic rings. The minimum absolute atomic E-state index is 0.00883. The Morgan fingerprint density at radius 3 is 2.60 bits per heavy atom. The Bertz CT molecular complexity index is 1420. The lowest BCUT2D eigenvalue weighted by Crippen LogP contribution is -2.46. The lowest BCUT2D eigenvalue weighted by molar-refractivity contribution is -0.119. The van der Waals surface area contributed by atoms with Gasteiger partial charge in [0.15, 0.2) is 0 Å². The number of amides is 3. The first-order chi connectivity index (χ1) is 20.3. The van der Waals surface area contributed by atoms with Gasteiger partial charge in [0.25, 0.3) is 0 Å². The van der Waals surface area contributed by atoms with E-state index in [9.17, 15) is 14.4 Å². The van der Waals surface area contributed by atoms with Crippen LogP contribution in [0.25, 0.3) is 0 Å². The van der Waals surface area contributed by atoms with Gasteiger partial charge in [-0.2, -0.15) is 0 Å². The summed E-state index contributed by atoms with van der Waals surface area (Å²) < 4.78 is 15.2. The molecule has 3 atom stereocenters. The number of carbonyl (C=O) groups is 3. The van der Waals surface area contributed by atoms with Gasteiger partial charge in [0, 0.05) is 25.1 Å². The van der Waals surface area contributed by atoms with Crippen LogP contribution in [0, 0.1) is 17.7 Å². The highest BCUT2D eigenvalue weighted by molar-refractivity contribution is 6.30. The molecule has 2 fully saturated rings. The van der Waals surface area contributed by atoms with E-state index in [1.54, 1.807) is 36.7 Å². The van der Waals surface area contributed by atoms with E-state index in [1.807, 2.05) is 19.1 Å². The van der Waals surface area contributed by atoms with Crippen LogP contribution in [0.4, 0.5) is 20.7 Å². The molecule has 3 heterocycles. The molecule has 1 aliphatic carbocycles. The zero-order valence-electron chi connectivity index (χ0n) is 23.4. The Balaban J connectivity index is 1.41. The number of nitrogens with one attached hydrogen (secondary N) is 3. The number of benzene rings is 1. The predicted molar refractivity (Wildman–Crippen MR) is 159 cm³/mol. The van der Waals surface area contributed by atoms with Gasteiger partial charge in [-0.1, -0.05) is 37.4 Å². The van der Waals surface area contributed by atoms with Gasteiger partial charge in [0.05, 0.1) is 22.8 Å². The molecule has 1 saturated carbocycles. The molecule has 1 saturated heterocycles. The van der Waals surface area contributed by atoms with Gasteiger partial charge in [-0.3, -0.25) is 20.4 Å². The summed E-state index contributed by atoms with van der Waals surface area (Å²) in [7, 11) is 0. The van der Waals surface area contributed by atoms with Crippen molar-refractivity contribution < 1.29 is 18.8 Å². The van der Waals surface area contributed by atoms with Crippen LogP contribution in [0.5, 0.6) is 0 Å². The highest BCUT2D eigenvalue weighted by Gasteiger charge is 2.39. The van der Waals surface area contributed by atoms with Gasteiger partial charge in [0.1, 0.15) is 24.0 Å². The van der Waals surface area contributed by atoms with Gasteiger partial charge in [-0.25, -0.2) is 14.2 Å². The number of anilines is 2. The van der Waals surface area contributed by atoms with Gasteiger partial charge >= 0.3 is 6.03 Å². The molecule has 3 amide bonds. The molecule has 2 aliphatic rings. The monoisotopic (exact) mass is 592 g/mol. The van der Waals surface area contributed by atoms with E-state index >= 15 is 4.39 Å². The summed E-state index contributed by atoms with van der Waals surface area (Å²) in [4.78, 5) is 47.8. The third kappa shape index (κ3) is 6.77. The maximum atomic E-state index is 15.2. The average molecular weight is 593 g/mol. The van der Waals surface area contributed by atoms with Crippen molar-refractivity contribution in [2.45, 2.75) is 50.6 Å². The quantitative estimate of drug-likeness (QED) is 0.258. The zero-order valence-corrected chi connectivity index (χ0v) is 24.1. The Hall–Kier alpha value is -3.89. The summed E-state index contributed by atoms with van der Waals surface area (Å²) in [6.45, 7) is 2.41. The molecule has 9 nitrogen and oxygen atoms in total. The molecule has 1 unspecified atom stereocenters. The number of urea groups is 1. The molecule has 42 heavy (non-hydrogen) atoms. The van der Waals surface area contributed by atoms with Gasteiger partial charge in [-0.15, -0.1) is 0 Å². The van der Waals surface area contributed by atoms with Gasteiger partial charge in [0.2, 0.25) is 5.91 Å². The van der Waals surface area contributed by atoms with E-state index in [0.29, 0.717) is 36.1 Å². The molecule has 3 N–H and O–H groups in total. The second kappa shape index (κ2) is 13.0. The molecule has 11 heteroatoms. The average Bonchev–Trinajstić information content (AvgIpc) is 3.74. The summed E-state index contributed by atoms with van der Waals surface area (Å²) in [5.41, 5.74) is 0.830. The van der Waals surface area contributed by atoms with Crippen molar-refractivity contribution in [2.24, 2.45) is 11.8 Å². The van der Waals surface area contributed by atoms with Crippen molar-refractivity contribution in [1.29, 1.82) is 0 Å². The normalized spacial score (nSPS) is 19.6. The Kier molecular flexibility index (Phi) is 9.13. The fourth-order valence-electron chi connectivity index (χ4n) is 5.68. The largest absolute Gasteiger partial charge is 0.323 e. The first-order valence-corrected chi connectivity index (χ1v) is 14.6. The maximum absolute atomic E-state index is 15.2. The van der Waals surface area contributed by atoms with E-state index in [4.69, 9.17) is 11.6 Å². The van der Waals surface area contributed by atoms with E-state index in [1.165, 1.54) is 30.0 Å². The van der Waals surface area contributed by atoms with Crippen LogP contribution >= 0.6 is 11.6 Å². The van der Waals surface area contributed by atoms with Crippen LogP contribution in [0.15, 0.2) is 61.1 Å². The molecule has 2 aromatic heterocycles. The maximum Gasteiger partial charge on any atom is 0.323 e. The van der Waals surface area contributed by atoms with Crippen molar-refractivity contribution in [3.05, 3.63) is 83.0 Å². The summed E-state index contributed by atoms with van der Waals surface area (Å²) in [6, 6.07) is 10.3. The Morgan fingerprint density at radius 2 is 1.90 bits per heavy atom. The minimum atomic E-state index is -0.802. The summed E-state index contributed by atoms with van der Waals surface area (Å²) >= 11 is 5.89. The molecular weight excluding hydrogens is 559 g/mol. The first kappa shape index (κ1) is 29.6. The smallest absolute Gasteiger partial charge is 0.322 e. The number of hydrogen-bond acceptors (Lipinski definition) is 6. The number of halogens is 2. The molecule has 0 radical (unpaired) electrons. The Morgan fingerprint density at radius 1 is 1.12 bits per heavy atom. The molecule has 1 aromatic carbocycles. The van der Waals surface area contributed by atoms with Crippen LogP contribution < -0.4 is 16.0 Å². The van der Waals surface area contributed by atoms with Crippen molar-refractivity contribution >= 4 is 41.3 Å². The number of aldehydes is 1. The summed E-state index contributed by atoms with van der Waals surface area (Å²) in [5, 5.41) is 9.29. The van der Waals surface area contributed by atoms with Gasteiger partial charge < -0.3 is 15.0 Å².